The highest BCUT2D eigenvalue weighted by atomic mass is 32.2. The molecule has 2 aromatic rings. The van der Waals surface area contributed by atoms with Gasteiger partial charge in [-0.15, -0.1) is 0 Å². The summed E-state index contributed by atoms with van der Waals surface area (Å²) < 4.78 is 40.9. The molecule has 10 nitrogen and oxygen atoms in total. The highest BCUT2D eigenvalue weighted by Gasteiger charge is 2.35. The van der Waals surface area contributed by atoms with Crippen LogP contribution in [0.15, 0.2) is 35.5 Å². The van der Waals surface area contributed by atoms with Gasteiger partial charge in [0.25, 0.3) is 10.0 Å². The second-order valence-corrected chi connectivity index (χ2v) is 11.2. The number of benzene rings is 1. The van der Waals surface area contributed by atoms with E-state index in [1.165, 1.54) is 21.4 Å². The smallest absolute Gasteiger partial charge is 0.411 e. The Hall–Kier alpha value is -2.79. The summed E-state index contributed by atoms with van der Waals surface area (Å²) in [5.74, 6) is 0.421. The Balaban J connectivity index is 1.92. The zero-order valence-corrected chi connectivity index (χ0v) is 20.1. The predicted molar refractivity (Wildman–Crippen MR) is 122 cm³/mol. The zero-order valence-electron chi connectivity index (χ0n) is 19.3. The summed E-state index contributed by atoms with van der Waals surface area (Å²) in [5, 5.41) is 6.66. The summed E-state index contributed by atoms with van der Waals surface area (Å²) in [6.45, 7) is 6.80. The molecule has 0 bridgehead atoms. The van der Waals surface area contributed by atoms with Crippen LogP contribution < -0.4 is 14.4 Å². The minimum atomic E-state index is -3.89. The molecule has 1 aliphatic heterocycles. The van der Waals surface area contributed by atoms with E-state index in [1.54, 1.807) is 25.2 Å². The van der Waals surface area contributed by atoms with Crippen LogP contribution in [-0.2, 0) is 21.8 Å². The van der Waals surface area contributed by atoms with Crippen molar-refractivity contribution in [2.24, 2.45) is 12.5 Å². The number of aromatic nitrogens is 2. The number of hydrogen-bond acceptors (Lipinski definition) is 7. The Morgan fingerprint density at radius 2 is 2.06 bits per heavy atom. The number of aryl methyl sites for hydroxylation is 1. The van der Waals surface area contributed by atoms with Crippen molar-refractivity contribution < 1.29 is 22.7 Å². The quantitative estimate of drug-likeness (QED) is 0.699. The maximum absolute atomic E-state index is 13.4. The SMILES string of the molecule is CN(C)CC1CN(S(=O)(=O)c2cnn(C)c2)c2cc(NC(=O)OCC(C)(C)C)ccc2O1. The number of carbonyl (C=O) groups excluding carboxylic acids is 1. The third-order valence-corrected chi connectivity index (χ3v) is 6.34. The average molecular weight is 466 g/mol. The average Bonchev–Trinajstić information content (AvgIpc) is 3.12. The van der Waals surface area contributed by atoms with Crippen molar-refractivity contribution in [2.45, 2.75) is 31.8 Å². The molecular weight excluding hydrogens is 434 g/mol. The summed E-state index contributed by atoms with van der Waals surface area (Å²) in [6, 6.07) is 4.89. The fourth-order valence-electron chi connectivity index (χ4n) is 3.21. The highest BCUT2D eigenvalue weighted by molar-refractivity contribution is 7.92. The number of anilines is 2. The molecule has 2 heterocycles. The minimum Gasteiger partial charge on any atom is -0.485 e. The summed E-state index contributed by atoms with van der Waals surface area (Å²) in [6.07, 6.45) is 1.80. The molecule has 0 aliphatic carbocycles. The lowest BCUT2D eigenvalue weighted by Crippen LogP contribution is -2.47. The molecule has 0 fully saturated rings. The predicted octanol–water partition coefficient (Wildman–Crippen LogP) is 2.53. The van der Waals surface area contributed by atoms with Crippen LogP contribution in [-0.4, -0.2) is 69.1 Å². The monoisotopic (exact) mass is 465 g/mol. The Morgan fingerprint density at radius 1 is 1.34 bits per heavy atom. The van der Waals surface area contributed by atoms with Crippen molar-refractivity contribution in [3.8, 4) is 5.75 Å². The van der Waals surface area contributed by atoms with Crippen LogP contribution in [0, 0.1) is 5.41 Å². The van der Waals surface area contributed by atoms with Gasteiger partial charge < -0.3 is 14.4 Å². The van der Waals surface area contributed by atoms with Crippen LogP contribution in [0.3, 0.4) is 0 Å². The number of ether oxygens (including phenoxy) is 2. The van der Waals surface area contributed by atoms with Gasteiger partial charge in [-0.1, -0.05) is 20.8 Å². The Morgan fingerprint density at radius 3 is 2.66 bits per heavy atom. The van der Waals surface area contributed by atoms with E-state index in [-0.39, 0.29) is 29.6 Å². The Kier molecular flexibility index (Phi) is 6.70. The van der Waals surface area contributed by atoms with Gasteiger partial charge in [0.1, 0.15) is 16.7 Å². The fraction of sp³-hybridized carbons (Fsp3) is 0.524. The first-order chi connectivity index (χ1) is 14.8. The van der Waals surface area contributed by atoms with Gasteiger partial charge in [-0.3, -0.25) is 14.3 Å². The molecule has 0 saturated carbocycles. The number of nitrogens with one attached hydrogen (secondary N) is 1. The molecule has 0 saturated heterocycles. The standard InChI is InChI=1S/C21H31N5O5S/c1-21(2,3)14-30-20(27)23-15-7-8-19-18(9-15)26(12-16(31-19)11-24(4)5)32(28,29)17-10-22-25(6)13-17/h7-10,13,16H,11-12,14H2,1-6H3,(H,23,27). The molecule has 32 heavy (non-hydrogen) atoms. The molecule has 1 aromatic heterocycles. The first-order valence-electron chi connectivity index (χ1n) is 10.3. The third kappa shape index (κ3) is 5.71. The maximum Gasteiger partial charge on any atom is 0.411 e. The first-order valence-corrected chi connectivity index (χ1v) is 11.7. The van der Waals surface area contributed by atoms with Crippen molar-refractivity contribution in [3.05, 3.63) is 30.6 Å². The minimum absolute atomic E-state index is 0.0828. The molecule has 0 spiro atoms. The van der Waals surface area contributed by atoms with Gasteiger partial charge in [-0.05, 0) is 37.7 Å². The Bertz CT molecular complexity index is 1070. The van der Waals surface area contributed by atoms with Gasteiger partial charge in [0, 0.05) is 25.5 Å². The topological polar surface area (TPSA) is 106 Å². The summed E-state index contributed by atoms with van der Waals surface area (Å²) >= 11 is 0. The number of nitrogens with zero attached hydrogens (tertiary/aromatic N) is 4. The second kappa shape index (κ2) is 8.99. The van der Waals surface area contributed by atoms with Gasteiger partial charge in [-0.2, -0.15) is 5.10 Å². The number of fused-ring (bicyclic) bond motifs is 1. The van der Waals surface area contributed by atoms with Gasteiger partial charge in [0.05, 0.1) is 25.0 Å². The van der Waals surface area contributed by atoms with Crippen LogP contribution in [0.25, 0.3) is 0 Å². The van der Waals surface area contributed by atoms with E-state index in [0.717, 1.165) is 0 Å². The van der Waals surface area contributed by atoms with E-state index in [2.05, 4.69) is 10.4 Å². The molecule has 1 unspecified atom stereocenters. The lowest BCUT2D eigenvalue weighted by molar-refractivity contribution is 0.118. The van der Waals surface area contributed by atoms with Gasteiger partial charge >= 0.3 is 6.09 Å². The van der Waals surface area contributed by atoms with Crippen LogP contribution in [0.5, 0.6) is 5.75 Å². The van der Waals surface area contributed by atoms with E-state index in [4.69, 9.17) is 9.47 Å². The normalized spacial score (nSPS) is 16.5. The van der Waals surface area contributed by atoms with Crippen molar-refractivity contribution in [2.75, 3.05) is 43.4 Å². The molecule has 0 radical (unpaired) electrons. The highest BCUT2D eigenvalue weighted by Crippen LogP contribution is 2.39. The molecule has 1 atom stereocenters. The van der Waals surface area contributed by atoms with Crippen LogP contribution in [0.4, 0.5) is 16.2 Å². The van der Waals surface area contributed by atoms with E-state index in [0.29, 0.717) is 23.7 Å². The van der Waals surface area contributed by atoms with Crippen molar-refractivity contribution >= 4 is 27.5 Å². The maximum atomic E-state index is 13.4. The summed E-state index contributed by atoms with van der Waals surface area (Å²) in [4.78, 5) is 14.2. The fourth-order valence-corrected chi connectivity index (χ4v) is 4.70. The van der Waals surface area contributed by atoms with Crippen molar-refractivity contribution in [1.29, 1.82) is 0 Å². The molecular formula is C21H31N5O5S. The number of hydrogen-bond donors (Lipinski definition) is 1. The van der Waals surface area contributed by atoms with Crippen LogP contribution in [0.2, 0.25) is 0 Å². The van der Waals surface area contributed by atoms with Crippen molar-refractivity contribution in [3.63, 3.8) is 0 Å². The first kappa shape index (κ1) is 23.9. The van der Waals surface area contributed by atoms with Gasteiger partial charge in [0.2, 0.25) is 0 Å². The number of sulfonamides is 1. The van der Waals surface area contributed by atoms with Gasteiger partial charge in [-0.25, -0.2) is 13.2 Å². The number of likely N-dealkylation sites (N-methyl/N-ethyl adjacent to an activating group) is 1. The Labute approximate surface area is 189 Å². The van der Waals surface area contributed by atoms with E-state index >= 15 is 0 Å². The molecule has 1 aromatic carbocycles. The molecule has 11 heteroatoms. The van der Waals surface area contributed by atoms with Crippen molar-refractivity contribution in [1.82, 2.24) is 14.7 Å². The van der Waals surface area contributed by atoms with Crippen LogP contribution >= 0.6 is 0 Å². The van der Waals surface area contributed by atoms with E-state index in [9.17, 15) is 13.2 Å². The van der Waals surface area contributed by atoms with Gasteiger partial charge in [0.15, 0.2) is 0 Å². The van der Waals surface area contributed by atoms with E-state index < -0.39 is 16.1 Å². The number of carbonyl (C=O) groups is 1. The number of amides is 1. The molecule has 176 valence electrons. The lowest BCUT2D eigenvalue weighted by Gasteiger charge is -2.36. The summed E-state index contributed by atoms with van der Waals surface area (Å²) in [7, 11) is 1.56. The van der Waals surface area contributed by atoms with Crippen LogP contribution in [0.1, 0.15) is 20.8 Å². The second-order valence-electron chi connectivity index (χ2n) is 9.33. The largest absolute Gasteiger partial charge is 0.485 e. The zero-order chi connectivity index (χ0) is 23.7. The third-order valence-electron chi connectivity index (χ3n) is 4.61. The number of rotatable bonds is 6. The lowest BCUT2D eigenvalue weighted by atomic mass is 9.99. The molecule has 1 N–H and O–H groups in total. The summed E-state index contributed by atoms with van der Waals surface area (Å²) in [5.41, 5.74) is 0.582. The molecule has 1 amide bonds. The van der Waals surface area contributed by atoms with E-state index in [1.807, 2.05) is 39.8 Å². The molecule has 3 rings (SSSR count). The molecule has 1 aliphatic rings.